The van der Waals surface area contributed by atoms with Gasteiger partial charge in [0.25, 0.3) is 5.91 Å². The molecule has 7 nitrogen and oxygen atoms in total. The lowest BCUT2D eigenvalue weighted by molar-refractivity contribution is -0.117. The zero-order valence-corrected chi connectivity index (χ0v) is 17.0. The summed E-state index contributed by atoms with van der Waals surface area (Å²) < 4.78 is 41.8. The lowest BCUT2D eigenvalue weighted by atomic mass is 9.97. The summed E-state index contributed by atoms with van der Waals surface area (Å²) in [7, 11) is -4.18. The average Bonchev–Trinajstić information content (AvgIpc) is 3.10. The van der Waals surface area contributed by atoms with Gasteiger partial charge in [-0.1, -0.05) is 13.8 Å². The third-order valence-corrected chi connectivity index (χ3v) is 7.68. The largest absolute Gasteiger partial charge is 0.506 e. The van der Waals surface area contributed by atoms with Crippen molar-refractivity contribution >= 4 is 21.8 Å². The molecule has 0 bridgehead atoms. The molecule has 2 aliphatic heterocycles. The Morgan fingerprint density at radius 1 is 1.36 bits per heavy atom. The molecule has 1 saturated carbocycles. The first-order valence-electron chi connectivity index (χ1n) is 9.67. The van der Waals surface area contributed by atoms with E-state index in [1.807, 2.05) is 0 Å². The van der Waals surface area contributed by atoms with Crippen molar-refractivity contribution < 1.29 is 22.7 Å². The highest BCUT2D eigenvalue weighted by Crippen LogP contribution is 2.54. The van der Waals surface area contributed by atoms with Crippen LogP contribution in [0.1, 0.15) is 44.2 Å². The minimum Gasteiger partial charge on any atom is -0.506 e. The Morgan fingerprint density at radius 2 is 2.07 bits per heavy atom. The number of carbonyl (C=O) groups is 1. The van der Waals surface area contributed by atoms with Crippen molar-refractivity contribution in [2.24, 2.45) is 11.3 Å². The van der Waals surface area contributed by atoms with Crippen LogP contribution < -0.4 is 9.03 Å². The third kappa shape index (κ3) is 3.45. The number of rotatable bonds is 5. The molecule has 28 heavy (non-hydrogen) atoms. The summed E-state index contributed by atoms with van der Waals surface area (Å²) in [6.45, 7) is 6.05. The Kier molecular flexibility index (Phi) is 4.58. The standard InChI is InChI=1S/C19H26FN3O4S/c1-19(2)9-13(19)4-3-6-22-7-5-12-8-15(24)18(17(20)14(12)10-22)23-11-16(25)21-28(23,26)27/h8,13,24H,3-7,9-11H2,1-2H3,(H,21,25). The minimum absolute atomic E-state index is 0.373. The number of nitrogens with one attached hydrogen (secondary N) is 1. The van der Waals surface area contributed by atoms with Gasteiger partial charge >= 0.3 is 10.2 Å². The maximum absolute atomic E-state index is 15.2. The number of amides is 1. The normalized spacial score (nSPS) is 25.5. The SMILES string of the molecule is CC1(C)CC1CCCN1CCc2cc(O)c(N3CC(=O)NS3(=O)=O)c(F)c2C1. The second-order valence-electron chi connectivity index (χ2n) is 8.79. The Balaban J connectivity index is 1.52. The molecule has 4 rings (SSSR count). The molecule has 1 aromatic rings. The van der Waals surface area contributed by atoms with E-state index in [1.165, 1.54) is 18.9 Å². The molecule has 0 spiro atoms. The number of aromatic hydroxyl groups is 1. The fourth-order valence-electron chi connectivity index (χ4n) is 4.40. The van der Waals surface area contributed by atoms with Crippen molar-refractivity contribution in [3.05, 3.63) is 23.0 Å². The van der Waals surface area contributed by atoms with Crippen LogP contribution in [0.15, 0.2) is 6.07 Å². The Bertz CT molecular complexity index is 932. The van der Waals surface area contributed by atoms with E-state index in [0.29, 0.717) is 33.8 Å². The highest BCUT2D eigenvalue weighted by atomic mass is 32.2. The molecule has 1 aliphatic carbocycles. The molecule has 1 saturated heterocycles. The second kappa shape index (κ2) is 6.59. The van der Waals surface area contributed by atoms with Crippen molar-refractivity contribution in [3.8, 4) is 5.75 Å². The summed E-state index contributed by atoms with van der Waals surface area (Å²) in [5, 5.41) is 10.3. The van der Waals surface area contributed by atoms with E-state index in [2.05, 4.69) is 18.7 Å². The highest BCUT2D eigenvalue weighted by Gasteiger charge is 2.44. The summed E-state index contributed by atoms with van der Waals surface area (Å²) >= 11 is 0. The number of nitrogens with zero attached hydrogens (tertiary/aromatic N) is 2. The molecule has 1 amide bonds. The summed E-state index contributed by atoms with van der Waals surface area (Å²) in [5.41, 5.74) is 1.10. The van der Waals surface area contributed by atoms with Gasteiger partial charge in [-0.15, -0.1) is 0 Å². The second-order valence-corrected chi connectivity index (χ2v) is 10.4. The number of hydrogen-bond acceptors (Lipinski definition) is 5. The minimum atomic E-state index is -4.18. The molecule has 0 aromatic heterocycles. The summed E-state index contributed by atoms with van der Waals surface area (Å²) in [4.78, 5) is 13.7. The van der Waals surface area contributed by atoms with Crippen molar-refractivity contribution in [1.29, 1.82) is 0 Å². The van der Waals surface area contributed by atoms with Gasteiger partial charge in [0, 0.05) is 18.7 Å². The van der Waals surface area contributed by atoms with Gasteiger partial charge in [0.2, 0.25) is 0 Å². The van der Waals surface area contributed by atoms with Gasteiger partial charge in [0.1, 0.15) is 18.0 Å². The first kappa shape index (κ1) is 19.4. The van der Waals surface area contributed by atoms with Gasteiger partial charge in [-0.2, -0.15) is 8.42 Å². The van der Waals surface area contributed by atoms with E-state index < -0.39 is 39.9 Å². The van der Waals surface area contributed by atoms with Crippen LogP contribution in [-0.2, 0) is 28.0 Å². The first-order valence-corrected chi connectivity index (χ1v) is 11.1. The summed E-state index contributed by atoms with van der Waals surface area (Å²) in [5.74, 6) is -1.19. The zero-order valence-electron chi connectivity index (χ0n) is 16.2. The number of fused-ring (bicyclic) bond motifs is 1. The predicted molar refractivity (Wildman–Crippen MR) is 103 cm³/mol. The van der Waals surface area contributed by atoms with Crippen LogP contribution in [0, 0.1) is 17.2 Å². The van der Waals surface area contributed by atoms with E-state index in [4.69, 9.17) is 0 Å². The Hall–Kier alpha value is -1.87. The van der Waals surface area contributed by atoms with Crippen LogP contribution in [0.5, 0.6) is 5.75 Å². The molecular formula is C19H26FN3O4S. The van der Waals surface area contributed by atoms with Crippen molar-refractivity contribution in [2.75, 3.05) is 23.9 Å². The maximum Gasteiger partial charge on any atom is 0.326 e. The number of anilines is 1. The van der Waals surface area contributed by atoms with E-state index in [-0.39, 0.29) is 0 Å². The van der Waals surface area contributed by atoms with Gasteiger partial charge < -0.3 is 5.11 Å². The molecule has 2 N–H and O–H groups in total. The van der Waals surface area contributed by atoms with Crippen LogP contribution in [0.4, 0.5) is 10.1 Å². The average molecular weight is 411 g/mol. The molecule has 0 radical (unpaired) electrons. The topological polar surface area (TPSA) is 89.9 Å². The molecule has 154 valence electrons. The number of hydrogen-bond donors (Lipinski definition) is 2. The number of benzene rings is 1. The molecule has 1 atom stereocenters. The Morgan fingerprint density at radius 3 is 2.68 bits per heavy atom. The Labute approximate surface area is 164 Å². The molecule has 1 unspecified atom stereocenters. The summed E-state index contributed by atoms with van der Waals surface area (Å²) in [6, 6.07) is 1.43. The van der Waals surface area contributed by atoms with Crippen LogP contribution in [0.25, 0.3) is 0 Å². The van der Waals surface area contributed by atoms with Crippen LogP contribution in [0.2, 0.25) is 0 Å². The fourth-order valence-corrected chi connectivity index (χ4v) is 5.56. The lowest BCUT2D eigenvalue weighted by Crippen LogP contribution is -2.34. The zero-order chi connectivity index (χ0) is 20.3. The maximum atomic E-state index is 15.2. The molecule has 3 aliphatic rings. The van der Waals surface area contributed by atoms with Gasteiger partial charge in [-0.3, -0.25) is 9.69 Å². The first-order chi connectivity index (χ1) is 13.1. The molecule has 2 heterocycles. The number of phenols is 1. The number of halogens is 1. The highest BCUT2D eigenvalue weighted by molar-refractivity contribution is 7.92. The quantitative estimate of drug-likeness (QED) is 0.772. The van der Waals surface area contributed by atoms with Gasteiger partial charge in [-0.05, 0) is 55.2 Å². The molecular weight excluding hydrogens is 385 g/mol. The van der Waals surface area contributed by atoms with Gasteiger partial charge in [-0.25, -0.2) is 13.4 Å². The van der Waals surface area contributed by atoms with Crippen molar-refractivity contribution in [1.82, 2.24) is 9.62 Å². The smallest absolute Gasteiger partial charge is 0.326 e. The van der Waals surface area contributed by atoms with Gasteiger partial charge in [0.15, 0.2) is 5.82 Å². The van der Waals surface area contributed by atoms with E-state index in [1.54, 1.807) is 4.72 Å². The van der Waals surface area contributed by atoms with E-state index >= 15 is 4.39 Å². The van der Waals surface area contributed by atoms with Crippen LogP contribution in [0.3, 0.4) is 0 Å². The van der Waals surface area contributed by atoms with Crippen molar-refractivity contribution in [2.45, 2.75) is 46.1 Å². The number of carbonyl (C=O) groups excluding carboxylic acids is 1. The molecule has 1 aromatic carbocycles. The number of phenolic OH excluding ortho intramolecular Hbond substituents is 1. The fraction of sp³-hybridized carbons (Fsp3) is 0.632. The van der Waals surface area contributed by atoms with E-state index in [0.717, 1.165) is 25.4 Å². The summed E-state index contributed by atoms with van der Waals surface area (Å²) in [6.07, 6.45) is 4.08. The lowest BCUT2D eigenvalue weighted by Gasteiger charge is -2.30. The molecule has 9 heteroatoms. The predicted octanol–water partition coefficient (Wildman–Crippen LogP) is 1.90. The van der Waals surface area contributed by atoms with E-state index in [9.17, 15) is 18.3 Å². The van der Waals surface area contributed by atoms with Crippen molar-refractivity contribution in [3.63, 3.8) is 0 Å². The third-order valence-electron chi connectivity index (χ3n) is 6.31. The monoisotopic (exact) mass is 411 g/mol. The van der Waals surface area contributed by atoms with Crippen LogP contribution in [-0.4, -0.2) is 44.0 Å². The molecule has 2 fully saturated rings. The van der Waals surface area contributed by atoms with Crippen LogP contribution >= 0.6 is 0 Å². The van der Waals surface area contributed by atoms with Gasteiger partial charge in [0.05, 0.1) is 0 Å².